The van der Waals surface area contributed by atoms with Crippen molar-refractivity contribution < 1.29 is 21.2 Å². The van der Waals surface area contributed by atoms with Crippen LogP contribution in [0.3, 0.4) is 0 Å². The van der Waals surface area contributed by atoms with Crippen molar-refractivity contribution in [2.75, 3.05) is 17.1 Å². The maximum atomic E-state index is 14.6. The van der Waals surface area contributed by atoms with Gasteiger partial charge in [-0.2, -0.15) is 0 Å². The lowest BCUT2D eigenvalue weighted by molar-refractivity contribution is 0.548. The maximum absolute atomic E-state index is 14.6. The molecule has 0 aliphatic heterocycles. The number of hydrogen-bond acceptors (Lipinski definition) is 4. The Kier molecular flexibility index (Phi) is 7.92. The highest BCUT2D eigenvalue weighted by Crippen LogP contribution is 2.32. The molecule has 160 valence electrons. The van der Waals surface area contributed by atoms with Crippen molar-refractivity contribution in [2.45, 2.75) is 30.7 Å². The lowest BCUT2D eigenvalue weighted by atomic mass is 10.1. The predicted octanol–water partition coefficient (Wildman–Crippen LogP) is 4.05. The summed E-state index contributed by atoms with van der Waals surface area (Å²) in [6.45, 7) is 1.75. The van der Waals surface area contributed by atoms with Crippen molar-refractivity contribution in [3.8, 4) is 0 Å². The molecule has 2 aromatic rings. The first-order chi connectivity index (χ1) is 13.4. The third-order valence-corrected chi connectivity index (χ3v) is 7.24. The fraction of sp³-hybridized carbons (Fsp3) is 0.333. The van der Waals surface area contributed by atoms with E-state index >= 15 is 0 Å². The van der Waals surface area contributed by atoms with Gasteiger partial charge >= 0.3 is 0 Å². The van der Waals surface area contributed by atoms with Gasteiger partial charge in [0.25, 0.3) is 10.0 Å². The topological polar surface area (TPSA) is 83.6 Å². The highest BCUT2D eigenvalue weighted by Gasteiger charge is 2.31. The van der Waals surface area contributed by atoms with Crippen LogP contribution in [0, 0.1) is 5.82 Å². The Morgan fingerprint density at radius 1 is 1.03 bits per heavy atom. The molecule has 0 saturated heterocycles. The number of nitrogens with zero attached hydrogens (tertiary/aromatic N) is 1. The van der Waals surface area contributed by atoms with Gasteiger partial charge in [-0.15, -0.1) is 0 Å². The second-order valence-electron chi connectivity index (χ2n) is 6.51. The standard InChI is InChI=1S/C18H21Cl2FN2O4S2/c1-13(4-3-11-22-28(2,24)25)23(18-12-15(20)7-10-17(18)21)29(26,27)16-8-5-14(19)6-9-16/h5-10,12-13,22H,3-4,11H2,1-2H3. The third-order valence-electron chi connectivity index (χ3n) is 4.08. The van der Waals surface area contributed by atoms with Crippen LogP contribution in [-0.4, -0.2) is 35.7 Å². The molecular formula is C18H21Cl2FN2O4S2. The fourth-order valence-electron chi connectivity index (χ4n) is 2.75. The Hall–Kier alpha value is -1.39. The average molecular weight is 483 g/mol. The van der Waals surface area contributed by atoms with Gasteiger partial charge in [0.1, 0.15) is 5.82 Å². The lowest BCUT2D eigenvalue weighted by Crippen LogP contribution is -2.40. The van der Waals surface area contributed by atoms with Gasteiger partial charge in [0.15, 0.2) is 0 Å². The Labute approximate surface area is 180 Å². The molecular weight excluding hydrogens is 462 g/mol. The minimum absolute atomic E-state index is 0.0533. The number of benzene rings is 2. The SMILES string of the molecule is CC(CCCNS(C)(=O)=O)N(c1cc(Cl)ccc1F)S(=O)(=O)c1ccc(Cl)cc1. The second kappa shape index (κ2) is 9.61. The van der Waals surface area contributed by atoms with Crippen LogP contribution < -0.4 is 9.03 Å². The van der Waals surface area contributed by atoms with Gasteiger partial charge in [-0.25, -0.2) is 25.9 Å². The normalized spacial score (nSPS) is 13.3. The molecule has 0 radical (unpaired) electrons. The van der Waals surface area contributed by atoms with Crippen molar-refractivity contribution in [1.82, 2.24) is 4.72 Å². The molecule has 0 fully saturated rings. The van der Waals surface area contributed by atoms with Gasteiger partial charge in [0.2, 0.25) is 10.0 Å². The first kappa shape index (κ1) is 23.9. The Morgan fingerprint density at radius 3 is 2.21 bits per heavy atom. The molecule has 6 nitrogen and oxygen atoms in total. The number of rotatable bonds is 9. The van der Waals surface area contributed by atoms with Crippen molar-refractivity contribution in [2.24, 2.45) is 0 Å². The van der Waals surface area contributed by atoms with Crippen LogP contribution in [0.1, 0.15) is 19.8 Å². The van der Waals surface area contributed by atoms with Gasteiger partial charge in [-0.05, 0) is 62.2 Å². The molecule has 29 heavy (non-hydrogen) atoms. The molecule has 0 aromatic heterocycles. The van der Waals surface area contributed by atoms with E-state index in [0.29, 0.717) is 11.4 Å². The molecule has 0 aliphatic carbocycles. The van der Waals surface area contributed by atoms with E-state index in [9.17, 15) is 21.2 Å². The third kappa shape index (κ3) is 6.55. The average Bonchev–Trinajstić information content (AvgIpc) is 2.61. The van der Waals surface area contributed by atoms with Crippen LogP contribution in [-0.2, 0) is 20.0 Å². The number of halogens is 3. The monoisotopic (exact) mass is 482 g/mol. The zero-order valence-electron chi connectivity index (χ0n) is 15.8. The molecule has 1 atom stereocenters. The number of hydrogen-bond donors (Lipinski definition) is 1. The molecule has 0 bridgehead atoms. The van der Waals surface area contributed by atoms with Crippen molar-refractivity contribution >= 4 is 48.9 Å². The summed E-state index contributed by atoms with van der Waals surface area (Å²) in [4.78, 5) is -0.0533. The Morgan fingerprint density at radius 2 is 1.62 bits per heavy atom. The molecule has 2 aromatic carbocycles. The smallest absolute Gasteiger partial charge is 0.261 e. The van der Waals surface area contributed by atoms with Crippen LogP contribution in [0.5, 0.6) is 0 Å². The zero-order valence-corrected chi connectivity index (χ0v) is 18.9. The molecule has 1 unspecified atom stereocenters. The summed E-state index contributed by atoms with van der Waals surface area (Å²) in [6, 6.07) is 8.54. The number of nitrogens with one attached hydrogen (secondary N) is 1. The minimum Gasteiger partial charge on any atom is -0.261 e. The van der Waals surface area contributed by atoms with Crippen molar-refractivity contribution in [3.63, 3.8) is 0 Å². The molecule has 0 heterocycles. The van der Waals surface area contributed by atoms with Crippen LogP contribution in [0.2, 0.25) is 10.0 Å². The van der Waals surface area contributed by atoms with E-state index in [1.165, 1.54) is 36.4 Å². The number of anilines is 1. The minimum atomic E-state index is -4.14. The summed E-state index contributed by atoms with van der Waals surface area (Å²) in [5.41, 5.74) is -0.184. The van der Waals surface area contributed by atoms with Crippen LogP contribution in [0.4, 0.5) is 10.1 Å². The van der Waals surface area contributed by atoms with Crippen molar-refractivity contribution in [1.29, 1.82) is 0 Å². The molecule has 11 heteroatoms. The van der Waals surface area contributed by atoms with Crippen molar-refractivity contribution in [3.05, 3.63) is 58.3 Å². The fourth-order valence-corrected chi connectivity index (χ4v) is 5.24. The number of sulfonamides is 2. The van der Waals surface area contributed by atoms with Gasteiger partial charge in [-0.3, -0.25) is 4.31 Å². The van der Waals surface area contributed by atoms with E-state index in [-0.39, 0.29) is 28.6 Å². The quantitative estimate of drug-likeness (QED) is 0.546. The van der Waals surface area contributed by atoms with Gasteiger partial charge in [0, 0.05) is 22.6 Å². The highest BCUT2D eigenvalue weighted by molar-refractivity contribution is 7.92. The summed E-state index contributed by atoms with van der Waals surface area (Å²) < 4.78 is 66.9. The summed E-state index contributed by atoms with van der Waals surface area (Å²) in [6.07, 6.45) is 1.67. The zero-order chi connectivity index (χ0) is 21.8. The summed E-state index contributed by atoms with van der Waals surface area (Å²) >= 11 is 11.8. The summed E-state index contributed by atoms with van der Waals surface area (Å²) in [7, 11) is -7.49. The Balaban J connectivity index is 2.40. The first-order valence-electron chi connectivity index (χ1n) is 8.61. The van der Waals surface area contributed by atoms with Gasteiger partial charge in [0.05, 0.1) is 16.8 Å². The predicted molar refractivity (Wildman–Crippen MR) is 114 cm³/mol. The van der Waals surface area contributed by atoms with Crippen LogP contribution in [0.15, 0.2) is 47.4 Å². The van der Waals surface area contributed by atoms with E-state index in [1.54, 1.807) is 6.92 Å². The molecule has 0 spiro atoms. The van der Waals surface area contributed by atoms with E-state index in [4.69, 9.17) is 23.2 Å². The second-order valence-corrected chi connectivity index (χ2v) is 11.0. The molecule has 1 N–H and O–H groups in total. The van der Waals surface area contributed by atoms with Gasteiger partial charge in [-0.1, -0.05) is 23.2 Å². The molecule has 2 rings (SSSR count). The van der Waals surface area contributed by atoms with Crippen LogP contribution >= 0.6 is 23.2 Å². The van der Waals surface area contributed by atoms with E-state index in [1.807, 2.05) is 0 Å². The highest BCUT2D eigenvalue weighted by atomic mass is 35.5. The lowest BCUT2D eigenvalue weighted by Gasteiger charge is -2.31. The van der Waals surface area contributed by atoms with Crippen LogP contribution in [0.25, 0.3) is 0 Å². The Bertz CT molecular complexity index is 1060. The van der Waals surface area contributed by atoms with E-state index in [2.05, 4.69) is 4.72 Å². The molecule has 0 saturated carbocycles. The summed E-state index contributed by atoms with van der Waals surface area (Å²) in [5.74, 6) is -0.743. The largest absolute Gasteiger partial charge is 0.264 e. The van der Waals surface area contributed by atoms with Gasteiger partial charge < -0.3 is 0 Å². The van der Waals surface area contributed by atoms with E-state index in [0.717, 1.165) is 16.6 Å². The summed E-state index contributed by atoms with van der Waals surface area (Å²) in [5, 5.41) is 0.549. The molecule has 0 aliphatic rings. The maximum Gasteiger partial charge on any atom is 0.264 e. The van der Waals surface area contributed by atoms with E-state index < -0.39 is 31.9 Å². The first-order valence-corrected chi connectivity index (χ1v) is 12.7. The molecule has 0 amide bonds.